The van der Waals surface area contributed by atoms with Crippen molar-refractivity contribution in [3.8, 4) is 0 Å². The number of esters is 1. The molecule has 1 amide bonds. The second kappa shape index (κ2) is 4.06. The number of hydrogen-bond donors (Lipinski definition) is 0. The molecule has 1 heterocycles. The van der Waals surface area contributed by atoms with Gasteiger partial charge >= 0.3 is 12.1 Å². The van der Waals surface area contributed by atoms with Gasteiger partial charge in [-0.25, -0.2) is 4.79 Å². The van der Waals surface area contributed by atoms with Crippen LogP contribution >= 0.6 is 0 Å². The number of carbonyl (C=O) groups is 2. The van der Waals surface area contributed by atoms with Gasteiger partial charge in [0.25, 0.3) is 0 Å². The molecule has 0 aromatic heterocycles. The Hall–Kier alpha value is -1.10. The molecule has 0 aromatic carbocycles. The van der Waals surface area contributed by atoms with E-state index >= 15 is 0 Å². The highest BCUT2D eigenvalue weighted by molar-refractivity contribution is 5.83. The summed E-state index contributed by atoms with van der Waals surface area (Å²) in [4.78, 5) is 22.9. The van der Waals surface area contributed by atoms with Gasteiger partial charge in [-0.1, -0.05) is 0 Å². The topological polar surface area (TPSA) is 55.8 Å². The predicted molar refractivity (Wildman–Crippen MR) is 39.6 cm³/mol. The highest BCUT2D eigenvalue weighted by atomic mass is 16.6. The number of hydrogen-bond acceptors (Lipinski definition) is 4. The van der Waals surface area contributed by atoms with Crippen LogP contribution < -0.4 is 0 Å². The standard InChI is InChI=1S/C7H11NO4/c1-6(9)12-7(10)8-2-4-11-5-3-8/h2-5H2,1H3. The van der Waals surface area contributed by atoms with Gasteiger partial charge in [0.1, 0.15) is 0 Å². The third-order valence-corrected chi connectivity index (χ3v) is 1.50. The number of carbonyl (C=O) groups excluding carboxylic acids is 2. The van der Waals surface area contributed by atoms with E-state index in [1.54, 1.807) is 0 Å². The molecule has 68 valence electrons. The summed E-state index contributed by atoms with van der Waals surface area (Å²) < 4.78 is 9.40. The Morgan fingerprint density at radius 2 is 1.92 bits per heavy atom. The van der Waals surface area contributed by atoms with Gasteiger partial charge in [-0.15, -0.1) is 0 Å². The lowest BCUT2D eigenvalue weighted by Gasteiger charge is -2.25. The fourth-order valence-corrected chi connectivity index (χ4v) is 0.933. The van der Waals surface area contributed by atoms with Crippen LogP contribution in [-0.2, 0) is 14.3 Å². The molecule has 1 rings (SSSR count). The summed E-state index contributed by atoms with van der Waals surface area (Å²) in [5, 5.41) is 0. The lowest BCUT2D eigenvalue weighted by molar-refractivity contribution is -0.136. The van der Waals surface area contributed by atoms with Crippen molar-refractivity contribution in [3.05, 3.63) is 0 Å². The molecule has 1 saturated heterocycles. The Labute approximate surface area is 70.2 Å². The van der Waals surface area contributed by atoms with Crippen LogP contribution in [-0.4, -0.2) is 43.3 Å². The molecule has 1 fully saturated rings. The van der Waals surface area contributed by atoms with E-state index in [0.29, 0.717) is 26.3 Å². The number of amides is 1. The quantitative estimate of drug-likeness (QED) is 0.382. The Balaban J connectivity index is 2.34. The van der Waals surface area contributed by atoms with E-state index < -0.39 is 12.1 Å². The zero-order chi connectivity index (χ0) is 8.97. The molecular formula is C7H11NO4. The Kier molecular flexibility index (Phi) is 3.04. The predicted octanol–water partition coefficient (Wildman–Crippen LogP) is 0.00170. The SMILES string of the molecule is CC(=O)OC(=O)N1CCOCC1. The number of ether oxygens (including phenoxy) is 2. The lowest BCUT2D eigenvalue weighted by Crippen LogP contribution is -2.41. The van der Waals surface area contributed by atoms with E-state index in [0.717, 1.165) is 0 Å². The molecular weight excluding hydrogens is 162 g/mol. The van der Waals surface area contributed by atoms with E-state index in [1.807, 2.05) is 0 Å². The maximum atomic E-state index is 11.0. The van der Waals surface area contributed by atoms with Gasteiger partial charge in [0, 0.05) is 20.0 Å². The first-order valence-electron chi connectivity index (χ1n) is 3.75. The van der Waals surface area contributed by atoms with E-state index in [1.165, 1.54) is 11.8 Å². The lowest BCUT2D eigenvalue weighted by atomic mass is 10.5. The van der Waals surface area contributed by atoms with Crippen LogP contribution in [0, 0.1) is 0 Å². The summed E-state index contributed by atoms with van der Waals surface area (Å²) in [5.41, 5.74) is 0. The van der Waals surface area contributed by atoms with Crippen molar-refractivity contribution in [1.82, 2.24) is 4.90 Å². The van der Waals surface area contributed by atoms with E-state index in [9.17, 15) is 9.59 Å². The third kappa shape index (κ3) is 2.50. The molecule has 0 atom stereocenters. The molecule has 0 bridgehead atoms. The molecule has 0 unspecified atom stereocenters. The monoisotopic (exact) mass is 173 g/mol. The fourth-order valence-electron chi connectivity index (χ4n) is 0.933. The van der Waals surface area contributed by atoms with Gasteiger partial charge in [-0.2, -0.15) is 0 Å². The molecule has 0 aromatic rings. The Morgan fingerprint density at radius 3 is 2.42 bits per heavy atom. The molecule has 0 aliphatic carbocycles. The van der Waals surface area contributed by atoms with E-state index in [2.05, 4.69) is 4.74 Å². The van der Waals surface area contributed by atoms with Crippen molar-refractivity contribution in [2.45, 2.75) is 6.92 Å². The minimum atomic E-state index is -0.578. The highest BCUT2D eigenvalue weighted by Gasteiger charge is 2.18. The van der Waals surface area contributed by atoms with Crippen LogP contribution in [0.5, 0.6) is 0 Å². The molecule has 1 aliphatic heterocycles. The van der Waals surface area contributed by atoms with Gasteiger partial charge in [0.2, 0.25) is 0 Å². The smallest absolute Gasteiger partial charge is 0.378 e. The number of morpholine rings is 1. The summed E-state index contributed by atoms with van der Waals surface area (Å²) >= 11 is 0. The molecule has 0 N–H and O–H groups in total. The second-order valence-corrected chi connectivity index (χ2v) is 2.46. The van der Waals surface area contributed by atoms with Gasteiger partial charge in [-0.3, -0.25) is 4.79 Å². The van der Waals surface area contributed by atoms with Gasteiger partial charge in [0.05, 0.1) is 13.2 Å². The van der Waals surface area contributed by atoms with Crippen LogP contribution in [0.2, 0.25) is 0 Å². The number of rotatable bonds is 0. The second-order valence-electron chi connectivity index (χ2n) is 2.46. The molecule has 1 aliphatic rings. The molecule has 0 spiro atoms. The van der Waals surface area contributed by atoms with Crippen molar-refractivity contribution in [2.24, 2.45) is 0 Å². The zero-order valence-electron chi connectivity index (χ0n) is 6.91. The number of nitrogens with zero attached hydrogens (tertiary/aromatic N) is 1. The molecule has 5 nitrogen and oxygen atoms in total. The summed E-state index contributed by atoms with van der Waals surface area (Å²) in [7, 11) is 0. The van der Waals surface area contributed by atoms with Crippen molar-refractivity contribution >= 4 is 12.1 Å². The summed E-state index contributed by atoms with van der Waals surface area (Å²) in [6.45, 7) is 3.20. The summed E-state index contributed by atoms with van der Waals surface area (Å²) in [5.74, 6) is -0.577. The molecule has 0 saturated carbocycles. The summed E-state index contributed by atoms with van der Waals surface area (Å²) in [6.07, 6.45) is -0.578. The Morgan fingerprint density at radius 1 is 1.33 bits per heavy atom. The van der Waals surface area contributed by atoms with Crippen LogP contribution in [0.3, 0.4) is 0 Å². The Bertz CT molecular complexity index is 186. The average molecular weight is 173 g/mol. The first kappa shape index (κ1) is 8.99. The first-order valence-corrected chi connectivity index (χ1v) is 3.75. The largest absolute Gasteiger partial charge is 0.417 e. The highest BCUT2D eigenvalue weighted by Crippen LogP contribution is 1.99. The van der Waals surface area contributed by atoms with Crippen LogP contribution in [0.25, 0.3) is 0 Å². The van der Waals surface area contributed by atoms with E-state index in [4.69, 9.17) is 4.74 Å². The normalized spacial score (nSPS) is 17.2. The van der Waals surface area contributed by atoms with Crippen molar-refractivity contribution < 1.29 is 19.1 Å². The zero-order valence-corrected chi connectivity index (χ0v) is 6.91. The van der Waals surface area contributed by atoms with Gasteiger partial charge < -0.3 is 14.4 Å². The maximum Gasteiger partial charge on any atom is 0.417 e. The first-order chi connectivity index (χ1) is 5.70. The van der Waals surface area contributed by atoms with Crippen molar-refractivity contribution in [3.63, 3.8) is 0 Å². The molecule has 5 heteroatoms. The van der Waals surface area contributed by atoms with Gasteiger partial charge in [-0.05, 0) is 0 Å². The van der Waals surface area contributed by atoms with Crippen molar-refractivity contribution in [1.29, 1.82) is 0 Å². The molecule has 0 radical (unpaired) electrons. The third-order valence-electron chi connectivity index (χ3n) is 1.50. The van der Waals surface area contributed by atoms with Crippen LogP contribution in [0.4, 0.5) is 4.79 Å². The maximum absolute atomic E-state index is 11.0. The molecule has 12 heavy (non-hydrogen) atoms. The van der Waals surface area contributed by atoms with Crippen LogP contribution in [0.15, 0.2) is 0 Å². The fraction of sp³-hybridized carbons (Fsp3) is 0.714. The van der Waals surface area contributed by atoms with Crippen LogP contribution in [0.1, 0.15) is 6.92 Å². The van der Waals surface area contributed by atoms with E-state index in [-0.39, 0.29) is 0 Å². The van der Waals surface area contributed by atoms with Crippen molar-refractivity contribution in [2.75, 3.05) is 26.3 Å². The average Bonchev–Trinajstić information content (AvgIpc) is 2.05. The minimum absolute atomic E-state index is 0.492. The van der Waals surface area contributed by atoms with Gasteiger partial charge in [0.15, 0.2) is 0 Å². The summed E-state index contributed by atoms with van der Waals surface area (Å²) in [6, 6.07) is 0. The minimum Gasteiger partial charge on any atom is -0.378 e.